The molecule has 3 N–H and O–H groups in total. The van der Waals surface area contributed by atoms with Gasteiger partial charge in [0.15, 0.2) is 0 Å². The molecule has 1 atom stereocenters. The monoisotopic (exact) mass is 262 g/mol. The van der Waals surface area contributed by atoms with E-state index in [1.807, 2.05) is 18.2 Å². The third-order valence-electron chi connectivity index (χ3n) is 3.50. The maximum absolute atomic E-state index is 11.1. The van der Waals surface area contributed by atoms with Crippen LogP contribution in [0.5, 0.6) is 0 Å². The Kier molecular flexibility index (Phi) is 4.22. The summed E-state index contributed by atoms with van der Waals surface area (Å²) in [6, 6.07) is 7.92. The standard InChI is InChI=1S/C15H22N2O2/c1-15(2)9-13(6-7-19-15)17-10-11-4-3-5-12(8-11)14(16)18/h3-5,8,13,17H,6-7,9-10H2,1-2H3,(H2,16,18). The highest BCUT2D eigenvalue weighted by molar-refractivity contribution is 5.92. The molecule has 0 spiro atoms. The number of benzene rings is 1. The summed E-state index contributed by atoms with van der Waals surface area (Å²) < 4.78 is 5.70. The molecule has 4 heteroatoms. The number of primary amides is 1. The van der Waals surface area contributed by atoms with Gasteiger partial charge in [0.1, 0.15) is 0 Å². The molecule has 1 aromatic carbocycles. The summed E-state index contributed by atoms with van der Waals surface area (Å²) >= 11 is 0. The van der Waals surface area contributed by atoms with E-state index in [4.69, 9.17) is 10.5 Å². The van der Waals surface area contributed by atoms with Crippen LogP contribution >= 0.6 is 0 Å². The van der Waals surface area contributed by atoms with Crippen molar-refractivity contribution in [1.29, 1.82) is 0 Å². The third-order valence-corrected chi connectivity index (χ3v) is 3.50. The van der Waals surface area contributed by atoms with Crippen molar-refractivity contribution in [3.8, 4) is 0 Å². The summed E-state index contributed by atoms with van der Waals surface area (Å²) in [5.74, 6) is -0.381. The predicted molar refractivity (Wildman–Crippen MR) is 74.9 cm³/mol. The number of carbonyl (C=O) groups excluding carboxylic acids is 1. The lowest BCUT2D eigenvalue weighted by atomic mass is 9.94. The average Bonchev–Trinajstić information content (AvgIpc) is 2.35. The van der Waals surface area contributed by atoms with Crippen LogP contribution in [0.15, 0.2) is 24.3 Å². The lowest BCUT2D eigenvalue weighted by Crippen LogP contribution is -2.43. The molecule has 19 heavy (non-hydrogen) atoms. The molecule has 1 saturated heterocycles. The second-order valence-electron chi connectivity index (χ2n) is 5.74. The Morgan fingerprint density at radius 2 is 2.32 bits per heavy atom. The van der Waals surface area contributed by atoms with Crippen molar-refractivity contribution in [3.63, 3.8) is 0 Å². The number of nitrogens with two attached hydrogens (primary N) is 1. The van der Waals surface area contributed by atoms with Crippen molar-refractivity contribution in [2.45, 2.75) is 44.9 Å². The third kappa shape index (κ3) is 4.04. The number of hydrogen-bond donors (Lipinski definition) is 2. The minimum Gasteiger partial charge on any atom is -0.375 e. The fourth-order valence-electron chi connectivity index (χ4n) is 2.50. The lowest BCUT2D eigenvalue weighted by molar-refractivity contribution is -0.0630. The lowest BCUT2D eigenvalue weighted by Gasteiger charge is -2.36. The van der Waals surface area contributed by atoms with Crippen LogP contribution in [0.25, 0.3) is 0 Å². The summed E-state index contributed by atoms with van der Waals surface area (Å²) in [6.07, 6.45) is 2.03. The Morgan fingerprint density at radius 1 is 1.53 bits per heavy atom. The van der Waals surface area contributed by atoms with Gasteiger partial charge in [0.2, 0.25) is 5.91 Å². The molecule has 1 unspecified atom stereocenters. The van der Waals surface area contributed by atoms with Crippen LogP contribution in [0.1, 0.15) is 42.6 Å². The van der Waals surface area contributed by atoms with Gasteiger partial charge in [-0.1, -0.05) is 12.1 Å². The molecule has 0 aliphatic carbocycles. The first-order valence-corrected chi connectivity index (χ1v) is 6.72. The first kappa shape index (κ1) is 14.0. The summed E-state index contributed by atoms with van der Waals surface area (Å²) in [4.78, 5) is 11.1. The van der Waals surface area contributed by atoms with Crippen LogP contribution < -0.4 is 11.1 Å². The molecule has 1 aliphatic heterocycles. The van der Waals surface area contributed by atoms with Crippen molar-refractivity contribution < 1.29 is 9.53 Å². The minimum atomic E-state index is -0.381. The van der Waals surface area contributed by atoms with E-state index in [1.54, 1.807) is 6.07 Å². The van der Waals surface area contributed by atoms with Crippen LogP contribution in [-0.2, 0) is 11.3 Å². The van der Waals surface area contributed by atoms with Crippen molar-refractivity contribution in [2.24, 2.45) is 5.73 Å². The number of rotatable bonds is 4. The van der Waals surface area contributed by atoms with Crippen molar-refractivity contribution in [2.75, 3.05) is 6.61 Å². The molecule has 1 fully saturated rings. The van der Waals surface area contributed by atoms with Crippen LogP contribution in [0, 0.1) is 0 Å². The van der Waals surface area contributed by atoms with Gasteiger partial charge in [-0.2, -0.15) is 0 Å². The Labute approximate surface area is 114 Å². The Bertz CT molecular complexity index is 457. The molecule has 104 valence electrons. The zero-order valence-corrected chi connectivity index (χ0v) is 11.6. The second-order valence-corrected chi connectivity index (χ2v) is 5.74. The zero-order valence-electron chi connectivity index (χ0n) is 11.6. The van der Waals surface area contributed by atoms with Crippen LogP contribution in [-0.4, -0.2) is 24.2 Å². The maximum atomic E-state index is 11.1. The number of nitrogens with one attached hydrogen (secondary N) is 1. The SMILES string of the molecule is CC1(C)CC(NCc2cccc(C(N)=O)c2)CCO1. The van der Waals surface area contributed by atoms with Gasteiger partial charge in [-0.15, -0.1) is 0 Å². The van der Waals surface area contributed by atoms with Gasteiger partial charge < -0.3 is 15.8 Å². The molecule has 0 bridgehead atoms. The number of carbonyl (C=O) groups is 1. The van der Waals surface area contributed by atoms with Crippen molar-refractivity contribution in [1.82, 2.24) is 5.32 Å². The largest absolute Gasteiger partial charge is 0.375 e. The molecule has 4 nitrogen and oxygen atoms in total. The topological polar surface area (TPSA) is 64.3 Å². The van der Waals surface area contributed by atoms with Crippen molar-refractivity contribution >= 4 is 5.91 Å². The van der Waals surface area contributed by atoms with Gasteiger partial charge in [-0.3, -0.25) is 4.79 Å². The molecule has 2 rings (SSSR count). The van der Waals surface area contributed by atoms with Crippen LogP contribution in [0.2, 0.25) is 0 Å². The van der Waals surface area contributed by atoms with E-state index in [-0.39, 0.29) is 11.5 Å². The fraction of sp³-hybridized carbons (Fsp3) is 0.533. The molecule has 1 amide bonds. The molecule has 0 radical (unpaired) electrons. The molecular weight excluding hydrogens is 240 g/mol. The normalized spacial score (nSPS) is 22.1. The zero-order chi connectivity index (χ0) is 13.9. The molecule has 1 aliphatic rings. The Balaban J connectivity index is 1.91. The van der Waals surface area contributed by atoms with Gasteiger partial charge >= 0.3 is 0 Å². The van der Waals surface area contributed by atoms with E-state index in [0.29, 0.717) is 11.6 Å². The number of hydrogen-bond acceptors (Lipinski definition) is 3. The number of ether oxygens (including phenoxy) is 1. The van der Waals surface area contributed by atoms with E-state index in [0.717, 1.165) is 31.6 Å². The molecule has 0 saturated carbocycles. The van der Waals surface area contributed by atoms with Gasteiger partial charge in [-0.05, 0) is 44.4 Å². The summed E-state index contributed by atoms with van der Waals surface area (Å²) in [6.45, 7) is 5.79. The van der Waals surface area contributed by atoms with E-state index in [9.17, 15) is 4.79 Å². The van der Waals surface area contributed by atoms with Gasteiger partial charge in [-0.25, -0.2) is 0 Å². The Hall–Kier alpha value is -1.39. The van der Waals surface area contributed by atoms with E-state index in [1.165, 1.54) is 0 Å². The van der Waals surface area contributed by atoms with E-state index in [2.05, 4.69) is 19.2 Å². The Morgan fingerprint density at radius 3 is 3.00 bits per heavy atom. The van der Waals surface area contributed by atoms with Crippen molar-refractivity contribution in [3.05, 3.63) is 35.4 Å². The second kappa shape index (κ2) is 5.72. The molecule has 1 aromatic rings. The maximum Gasteiger partial charge on any atom is 0.248 e. The highest BCUT2D eigenvalue weighted by Crippen LogP contribution is 2.24. The first-order chi connectivity index (χ1) is 8.96. The first-order valence-electron chi connectivity index (χ1n) is 6.72. The smallest absolute Gasteiger partial charge is 0.248 e. The van der Waals surface area contributed by atoms with Gasteiger partial charge in [0.05, 0.1) is 5.60 Å². The predicted octanol–water partition coefficient (Wildman–Crippen LogP) is 1.83. The van der Waals surface area contributed by atoms with Crippen LogP contribution in [0.3, 0.4) is 0 Å². The van der Waals surface area contributed by atoms with Gasteiger partial charge in [0.25, 0.3) is 0 Å². The highest BCUT2D eigenvalue weighted by Gasteiger charge is 2.28. The highest BCUT2D eigenvalue weighted by atomic mass is 16.5. The molecule has 1 heterocycles. The fourth-order valence-corrected chi connectivity index (χ4v) is 2.50. The molecule has 0 aromatic heterocycles. The minimum absolute atomic E-state index is 0.0506. The number of amides is 1. The van der Waals surface area contributed by atoms with Gasteiger partial charge in [0, 0.05) is 24.8 Å². The summed E-state index contributed by atoms with van der Waals surface area (Å²) in [5, 5.41) is 3.53. The van der Waals surface area contributed by atoms with Crippen LogP contribution in [0.4, 0.5) is 0 Å². The van der Waals surface area contributed by atoms with E-state index >= 15 is 0 Å². The summed E-state index contributed by atoms with van der Waals surface area (Å²) in [5.41, 5.74) is 6.88. The van der Waals surface area contributed by atoms with E-state index < -0.39 is 0 Å². The molecular formula is C15H22N2O2. The summed E-state index contributed by atoms with van der Waals surface area (Å²) in [7, 11) is 0. The average molecular weight is 262 g/mol. The quantitative estimate of drug-likeness (QED) is 0.870.